The molecule has 2 amide bonds. The minimum atomic E-state index is -0.447. The predicted molar refractivity (Wildman–Crippen MR) is 70.3 cm³/mol. The molecule has 19 heavy (non-hydrogen) atoms. The number of rotatable bonds is 2. The highest BCUT2D eigenvalue weighted by Gasteiger charge is 2.31. The second-order valence-corrected chi connectivity index (χ2v) is 4.69. The van der Waals surface area contributed by atoms with Crippen LogP contribution in [0.5, 0.6) is 0 Å². The molecule has 1 N–H and O–H groups in total. The van der Waals surface area contributed by atoms with Crippen LogP contribution in [0.4, 0.5) is 5.69 Å². The number of nitrogens with zero attached hydrogens (tertiary/aromatic N) is 2. The largest absolute Gasteiger partial charge is 0.373 e. The first kappa shape index (κ1) is 13.1. The number of aryl methyl sites for hydroxylation is 1. The van der Waals surface area contributed by atoms with E-state index >= 15 is 0 Å². The van der Waals surface area contributed by atoms with Gasteiger partial charge >= 0.3 is 0 Å². The first-order valence-corrected chi connectivity index (χ1v) is 6.10. The molecule has 0 aromatic heterocycles. The molecule has 1 aromatic rings. The van der Waals surface area contributed by atoms with Crippen LogP contribution in [0, 0.1) is 18.3 Å². The molecule has 0 aliphatic carbocycles. The van der Waals surface area contributed by atoms with Crippen molar-refractivity contribution in [3.8, 4) is 6.07 Å². The Balaban J connectivity index is 2.20. The van der Waals surface area contributed by atoms with Crippen LogP contribution < -0.4 is 5.32 Å². The number of benzene rings is 1. The molecule has 1 atom stereocenters. The maximum absolute atomic E-state index is 12.0. The minimum Gasteiger partial charge on any atom is -0.373 e. The SMILES string of the molecule is Cc1ccc(NC2CCC(=O)N(C)C2=O)c(C#N)c1. The summed E-state index contributed by atoms with van der Waals surface area (Å²) in [4.78, 5) is 24.5. The van der Waals surface area contributed by atoms with Gasteiger partial charge in [0.2, 0.25) is 5.91 Å². The number of nitriles is 1. The number of likely N-dealkylation sites (tertiary alicyclic amines) is 1. The van der Waals surface area contributed by atoms with E-state index < -0.39 is 6.04 Å². The van der Waals surface area contributed by atoms with Crippen molar-refractivity contribution in [2.45, 2.75) is 25.8 Å². The van der Waals surface area contributed by atoms with Crippen LogP contribution >= 0.6 is 0 Å². The molecule has 0 bridgehead atoms. The molecular weight excluding hydrogens is 242 g/mol. The van der Waals surface area contributed by atoms with E-state index in [0.717, 1.165) is 10.5 Å². The molecule has 2 rings (SSSR count). The molecule has 1 heterocycles. The van der Waals surface area contributed by atoms with Crippen molar-refractivity contribution in [3.63, 3.8) is 0 Å². The topological polar surface area (TPSA) is 73.2 Å². The lowest BCUT2D eigenvalue weighted by atomic mass is 10.0. The summed E-state index contributed by atoms with van der Waals surface area (Å²) in [5.41, 5.74) is 2.13. The standard InChI is InChI=1S/C14H15N3O2/c1-9-3-4-11(10(7-9)8-15)16-12-5-6-13(18)17(2)14(12)19/h3-4,7,12,16H,5-6H2,1-2H3. The van der Waals surface area contributed by atoms with E-state index in [1.54, 1.807) is 12.1 Å². The average Bonchev–Trinajstić information content (AvgIpc) is 2.41. The zero-order chi connectivity index (χ0) is 14.0. The second-order valence-electron chi connectivity index (χ2n) is 4.69. The fourth-order valence-electron chi connectivity index (χ4n) is 2.11. The second kappa shape index (κ2) is 5.11. The molecule has 0 spiro atoms. The Labute approximate surface area is 111 Å². The predicted octanol–water partition coefficient (Wildman–Crippen LogP) is 1.43. The van der Waals surface area contributed by atoms with Gasteiger partial charge in [0.15, 0.2) is 0 Å². The number of hydrogen-bond acceptors (Lipinski definition) is 4. The Morgan fingerprint density at radius 2 is 2.16 bits per heavy atom. The maximum Gasteiger partial charge on any atom is 0.251 e. The number of carbonyl (C=O) groups is 2. The summed E-state index contributed by atoms with van der Waals surface area (Å²) in [5, 5.41) is 12.2. The van der Waals surface area contributed by atoms with Crippen LogP contribution in [0.15, 0.2) is 18.2 Å². The van der Waals surface area contributed by atoms with Crippen molar-refractivity contribution in [2.75, 3.05) is 12.4 Å². The van der Waals surface area contributed by atoms with Gasteiger partial charge in [-0.05, 0) is 31.0 Å². The summed E-state index contributed by atoms with van der Waals surface area (Å²) in [6.07, 6.45) is 0.800. The quantitative estimate of drug-likeness (QED) is 0.813. The summed E-state index contributed by atoms with van der Waals surface area (Å²) in [6.45, 7) is 1.91. The first-order chi connectivity index (χ1) is 9.02. The number of imide groups is 1. The number of nitrogens with one attached hydrogen (secondary N) is 1. The third kappa shape index (κ3) is 2.58. The lowest BCUT2D eigenvalue weighted by molar-refractivity contribution is -0.146. The fraction of sp³-hybridized carbons (Fsp3) is 0.357. The van der Waals surface area contributed by atoms with Crippen LogP contribution in [-0.2, 0) is 9.59 Å². The molecule has 1 aromatic carbocycles. The lowest BCUT2D eigenvalue weighted by Gasteiger charge is -2.29. The molecule has 0 radical (unpaired) electrons. The number of hydrogen-bond donors (Lipinski definition) is 1. The molecule has 98 valence electrons. The maximum atomic E-state index is 12.0. The lowest BCUT2D eigenvalue weighted by Crippen LogP contribution is -2.48. The zero-order valence-corrected chi connectivity index (χ0v) is 10.9. The normalized spacial score (nSPS) is 19.2. The summed E-state index contributed by atoms with van der Waals surface area (Å²) in [6, 6.07) is 7.10. The number of carbonyl (C=O) groups excluding carboxylic acids is 2. The van der Waals surface area contributed by atoms with E-state index in [2.05, 4.69) is 11.4 Å². The van der Waals surface area contributed by atoms with Crippen molar-refractivity contribution in [3.05, 3.63) is 29.3 Å². The molecule has 5 heteroatoms. The molecular formula is C14H15N3O2. The van der Waals surface area contributed by atoms with E-state index in [1.165, 1.54) is 7.05 Å². The molecule has 5 nitrogen and oxygen atoms in total. The molecule has 1 aliphatic heterocycles. The van der Waals surface area contributed by atoms with Gasteiger partial charge in [-0.25, -0.2) is 0 Å². The minimum absolute atomic E-state index is 0.160. The van der Waals surface area contributed by atoms with Crippen molar-refractivity contribution >= 4 is 17.5 Å². The summed E-state index contributed by atoms with van der Waals surface area (Å²) in [5.74, 6) is -0.409. The van der Waals surface area contributed by atoms with E-state index in [1.807, 2.05) is 13.0 Å². The van der Waals surface area contributed by atoms with Crippen LogP contribution in [0.1, 0.15) is 24.0 Å². The van der Waals surface area contributed by atoms with Gasteiger partial charge in [0.25, 0.3) is 5.91 Å². The van der Waals surface area contributed by atoms with Gasteiger partial charge in [0.05, 0.1) is 11.3 Å². The van der Waals surface area contributed by atoms with Crippen LogP contribution in [0.25, 0.3) is 0 Å². The number of piperidine rings is 1. The van der Waals surface area contributed by atoms with Crippen LogP contribution in [0.2, 0.25) is 0 Å². The van der Waals surface area contributed by atoms with Crippen molar-refractivity contribution in [1.29, 1.82) is 5.26 Å². The zero-order valence-electron chi connectivity index (χ0n) is 10.9. The molecule has 1 saturated heterocycles. The summed E-state index contributed by atoms with van der Waals surface area (Å²) < 4.78 is 0. The van der Waals surface area contributed by atoms with Crippen molar-refractivity contribution < 1.29 is 9.59 Å². The molecule has 0 saturated carbocycles. The van der Waals surface area contributed by atoms with Gasteiger partial charge in [0, 0.05) is 13.5 Å². The highest BCUT2D eigenvalue weighted by molar-refractivity contribution is 6.01. The number of amides is 2. The Bertz CT molecular complexity index is 575. The van der Waals surface area contributed by atoms with E-state index in [0.29, 0.717) is 24.1 Å². The van der Waals surface area contributed by atoms with Gasteiger partial charge in [-0.1, -0.05) is 6.07 Å². The third-order valence-corrected chi connectivity index (χ3v) is 3.27. The number of likely N-dealkylation sites (N-methyl/N-ethyl adjacent to an activating group) is 1. The highest BCUT2D eigenvalue weighted by Crippen LogP contribution is 2.21. The van der Waals surface area contributed by atoms with Crippen molar-refractivity contribution in [1.82, 2.24) is 4.90 Å². The summed E-state index contributed by atoms with van der Waals surface area (Å²) in [7, 11) is 1.48. The van der Waals surface area contributed by atoms with Gasteiger partial charge in [-0.15, -0.1) is 0 Å². The van der Waals surface area contributed by atoms with E-state index in [-0.39, 0.29) is 11.8 Å². The highest BCUT2D eigenvalue weighted by atomic mass is 16.2. The molecule has 1 fully saturated rings. The van der Waals surface area contributed by atoms with Gasteiger partial charge < -0.3 is 5.32 Å². The average molecular weight is 257 g/mol. The van der Waals surface area contributed by atoms with Crippen LogP contribution in [-0.4, -0.2) is 29.8 Å². The number of anilines is 1. The Hall–Kier alpha value is -2.35. The van der Waals surface area contributed by atoms with Crippen LogP contribution in [0.3, 0.4) is 0 Å². The first-order valence-electron chi connectivity index (χ1n) is 6.10. The Morgan fingerprint density at radius 1 is 1.42 bits per heavy atom. The van der Waals surface area contributed by atoms with Gasteiger partial charge in [-0.2, -0.15) is 5.26 Å². The molecule has 1 unspecified atom stereocenters. The Morgan fingerprint density at radius 3 is 2.84 bits per heavy atom. The smallest absolute Gasteiger partial charge is 0.251 e. The Kier molecular flexibility index (Phi) is 3.52. The van der Waals surface area contributed by atoms with Crippen molar-refractivity contribution in [2.24, 2.45) is 0 Å². The molecule has 1 aliphatic rings. The van der Waals surface area contributed by atoms with Gasteiger partial charge in [0.1, 0.15) is 12.1 Å². The van der Waals surface area contributed by atoms with Gasteiger partial charge in [-0.3, -0.25) is 14.5 Å². The van der Waals surface area contributed by atoms with E-state index in [4.69, 9.17) is 5.26 Å². The van der Waals surface area contributed by atoms with E-state index in [9.17, 15) is 9.59 Å². The fourth-order valence-corrected chi connectivity index (χ4v) is 2.11. The third-order valence-electron chi connectivity index (χ3n) is 3.27. The monoisotopic (exact) mass is 257 g/mol. The summed E-state index contributed by atoms with van der Waals surface area (Å²) >= 11 is 0.